The third-order valence-electron chi connectivity index (χ3n) is 6.99. The van der Waals surface area contributed by atoms with E-state index < -0.39 is 5.54 Å². The monoisotopic (exact) mass is 558 g/mol. The molecule has 8 heteroatoms. The summed E-state index contributed by atoms with van der Waals surface area (Å²) in [4.78, 5) is 17.4. The van der Waals surface area contributed by atoms with Crippen LogP contribution in [0.15, 0.2) is 72.8 Å². The second-order valence-corrected chi connectivity index (χ2v) is 9.99. The third kappa shape index (κ3) is 6.55. The van der Waals surface area contributed by atoms with E-state index in [-0.39, 0.29) is 24.5 Å². The number of rotatable bonds is 8. The number of amides is 1. The number of hydrogen-bond donors (Lipinski definition) is 0. The van der Waals surface area contributed by atoms with Crippen LogP contribution in [0.1, 0.15) is 36.6 Å². The molecule has 0 N–H and O–H groups in total. The van der Waals surface area contributed by atoms with E-state index in [1.165, 1.54) is 5.56 Å². The molecule has 0 bridgehead atoms. The molecule has 0 spiro atoms. The standard InChI is InChI=1S/C30H35ClN2O4.ClH/c1-5-37-29(34)33-18-17-32(21-30(33,2)20-22-11-16-26(35-3)27(19-22)36-4)28(23-9-7-6-8-10-23)24-12-14-25(31)15-13-24;/h6-16,19,28H,5,17-18,20-21H2,1-4H3;1H. The molecular formula is C30H36Cl2N2O4. The maximum absolute atomic E-state index is 13.1. The fraction of sp³-hybridized carbons (Fsp3) is 0.367. The largest absolute Gasteiger partial charge is 0.493 e. The highest BCUT2D eigenvalue weighted by molar-refractivity contribution is 6.30. The number of piperazine rings is 1. The summed E-state index contributed by atoms with van der Waals surface area (Å²) in [5.74, 6) is 1.35. The van der Waals surface area contributed by atoms with Gasteiger partial charge in [0.05, 0.1) is 32.4 Å². The first kappa shape index (κ1) is 29.6. The fourth-order valence-electron chi connectivity index (χ4n) is 5.31. The van der Waals surface area contributed by atoms with E-state index in [2.05, 4.69) is 48.2 Å². The molecule has 0 aliphatic carbocycles. The normalized spacial score (nSPS) is 18.3. The summed E-state index contributed by atoms with van der Waals surface area (Å²) in [6.07, 6.45) is 0.345. The van der Waals surface area contributed by atoms with Gasteiger partial charge in [-0.05, 0) is 61.2 Å². The fourth-order valence-corrected chi connectivity index (χ4v) is 5.44. The summed E-state index contributed by atoms with van der Waals surface area (Å²) in [5.41, 5.74) is 2.89. The lowest BCUT2D eigenvalue weighted by Gasteiger charge is -2.50. The van der Waals surface area contributed by atoms with Crippen molar-refractivity contribution in [2.75, 3.05) is 40.5 Å². The van der Waals surface area contributed by atoms with Crippen molar-refractivity contribution in [2.45, 2.75) is 31.8 Å². The highest BCUT2D eigenvalue weighted by Gasteiger charge is 2.43. The molecule has 0 aromatic heterocycles. The number of ether oxygens (including phenoxy) is 3. The third-order valence-corrected chi connectivity index (χ3v) is 7.25. The van der Waals surface area contributed by atoms with Crippen molar-refractivity contribution < 1.29 is 19.0 Å². The van der Waals surface area contributed by atoms with Gasteiger partial charge in [-0.1, -0.05) is 60.1 Å². The van der Waals surface area contributed by atoms with Crippen LogP contribution in [0.2, 0.25) is 5.02 Å². The summed E-state index contributed by atoms with van der Waals surface area (Å²) in [5, 5.41) is 0.709. The van der Waals surface area contributed by atoms with E-state index in [1.54, 1.807) is 14.2 Å². The Kier molecular flexibility index (Phi) is 10.3. The highest BCUT2D eigenvalue weighted by Crippen LogP contribution is 2.37. The number of hydrogen-bond acceptors (Lipinski definition) is 5. The van der Waals surface area contributed by atoms with Crippen LogP contribution in [-0.2, 0) is 11.2 Å². The summed E-state index contributed by atoms with van der Waals surface area (Å²) in [6.45, 7) is 6.23. The second-order valence-electron chi connectivity index (χ2n) is 9.55. The van der Waals surface area contributed by atoms with Crippen molar-refractivity contribution in [3.63, 3.8) is 0 Å². The smallest absolute Gasteiger partial charge is 0.410 e. The first-order valence-corrected chi connectivity index (χ1v) is 13.0. The minimum absolute atomic E-state index is 0. The lowest BCUT2D eigenvalue weighted by atomic mass is 9.86. The van der Waals surface area contributed by atoms with Gasteiger partial charge in [0.15, 0.2) is 11.5 Å². The molecule has 1 aliphatic rings. The summed E-state index contributed by atoms with van der Waals surface area (Å²) in [6, 6.07) is 24.5. The van der Waals surface area contributed by atoms with Gasteiger partial charge in [0.2, 0.25) is 0 Å². The molecule has 1 heterocycles. The average Bonchev–Trinajstić information content (AvgIpc) is 2.90. The molecule has 3 aromatic carbocycles. The van der Waals surface area contributed by atoms with Gasteiger partial charge in [0, 0.05) is 24.7 Å². The molecular weight excluding hydrogens is 523 g/mol. The maximum atomic E-state index is 13.1. The predicted molar refractivity (Wildman–Crippen MR) is 154 cm³/mol. The van der Waals surface area contributed by atoms with Gasteiger partial charge in [-0.2, -0.15) is 0 Å². The van der Waals surface area contributed by atoms with Gasteiger partial charge in [-0.3, -0.25) is 9.80 Å². The van der Waals surface area contributed by atoms with Crippen LogP contribution >= 0.6 is 24.0 Å². The Hall–Kier alpha value is -2.93. The number of methoxy groups -OCH3 is 2. The van der Waals surface area contributed by atoms with Gasteiger partial charge in [-0.15, -0.1) is 12.4 Å². The molecule has 2 atom stereocenters. The molecule has 3 aromatic rings. The van der Waals surface area contributed by atoms with Crippen LogP contribution in [0.5, 0.6) is 11.5 Å². The van der Waals surface area contributed by atoms with Gasteiger partial charge >= 0.3 is 6.09 Å². The predicted octanol–water partition coefficient (Wildman–Crippen LogP) is 6.64. The number of halogens is 2. The molecule has 38 heavy (non-hydrogen) atoms. The number of carbonyl (C=O) groups is 1. The van der Waals surface area contributed by atoms with E-state index in [0.29, 0.717) is 49.2 Å². The summed E-state index contributed by atoms with van der Waals surface area (Å²) >= 11 is 6.22. The van der Waals surface area contributed by atoms with E-state index in [9.17, 15) is 4.79 Å². The minimum Gasteiger partial charge on any atom is -0.493 e. The van der Waals surface area contributed by atoms with Crippen LogP contribution in [-0.4, -0.2) is 61.9 Å². The summed E-state index contributed by atoms with van der Waals surface area (Å²) < 4.78 is 16.5. The maximum Gasteiger partial charge on any atom is 0.410 e. The van der Waals surface area contributed by atoms with Crippen molar-refractivity contribution in [1.29, 1.82) is 0 Å². The topological polar surface area (TPSA) is 51.2 Å². The van der Waals surface area contributed by atoms with Crippen LogP contribution in [0.3, 0.4) is 0 Å². The first-order valence-electron chi connectivity index (χ1n) is 12.6. The van der Waals surface area contributed by atoms with Gasteiger partial charge < -0.3 is 14.2 Å². The first-order chi connectivity index (χ1) is 17.9. The van der Waals surface area contributed by atoms with E-state index >= 15 is 0 Å². The van der Waals surface area contributed by atoms with Gasteiger partial charge in [-0.25, -0.2) is 4.79 Å². The zero-order chi connectivity index (χ0) is 26.4. The highest BCUT2D eigenvalue weighted by atomic mass is 35.5. The lowest BCUT2D eigenvalue weighted by molar-refractivity contribution is -0.00549. The molecule has 0 saturated carbocycles. The lowest BCUT2D eigenvalue weighted by Crippen LogP contribution is -2.64. The minimum atomic E-state index is -0.524. The van der Waals surface area contributed by atoms with Crippen LogP contribution in [0.4, 0.5) is 4.79 Å². The number of carbonyl (C=O) groups excluding carboxylic acids is 1. The van der Waals surface area contributed by atoms with Crippen LogP contribution in [0.25, 0.3) is 0 Å². The zero-order valence-electron chi connectivity index (χ0n) is 22.4. The molecule has 6 nitrogen and oxygen atoms in total. The molecule has 0 radical (unpaired) electrons. The van der Waals surface area contributed by atoms with Crippen LogP contribution in [0, 0.1) is 0 Å². The van der Waals surface area contributed by atoms with Crippen molar-refractivity contribution >= 4 is 30.1 Å². The molecule has 4 rings (SSSR count). The molecule has 1 aliphatic heterocycles. The molecule has 1 saturated heterocycles. The van der Waals surface area contributed by atoms with Gasteiger partial charge in [0.25, 0.3) is 0 Å². The van der Waals surface area contributed by atoms with Crippen molar-refractivity contribution in [2.24, 2.45) is 0 Å². The Morgan fingerprint density at radius 1 is 0.947 bits per heavy atom. The Labute approximate surface area is 236 Å². The Morgan fingerprint density at radius 3 is 2.24 bits per heavy atom. The Morgan fingerprint density at radius 2 is 1.61 bits per heavy atom. The Bertz CT molecular complexity index is 1190. The van der Waals surface area contributed by atoms with E-state index in [1.807, 2.05) is 48.2 Å². The second kappa shape index (κ2) is 13.2. The van der Waals surface area contributed by atoms with Crippen LogP contribution < -0.4 is 9.47 Å². The van der Waals surface area contributed by atoms with E-state index in [0.717, 1.165) is 11.1 Å². The van der Waals surface area contributed by atoms with Crippen molar-refractivity contribution in [1.82, 2.24) is 9.80 Å². The van der Waals surface area contributed by atoms with Gasteiger partial charge in [0.1, 0.15) is 0 Å². The quantitative estimate of drug-likeness (QED) is 0.310. The van der Waals surface area contributed by atoms with E-state index in [4.69, 9.17) is 25.8 Å². The SMILES string of the molecule is CCOC(=O)N1CCN(C(c2ccccc2)c2ccc(Cl)cc2)CC1(C)Cc1ccc(OC)c(OC)c1.Cl. The molecule has 1 fully saturated rings. The Balaban J connectivity index is 0.00000400. The molecule has 1 amide bonds. The molecule has 204 valence electrons. The number of nitrogens with zero attached hydrogens (tertiary/aromatic N) is 2. The number of benzene rings is 3. The summed E-state index contributed by atoms with van der Waals surface area (Å²) in [7, 11) is 3.26. The average molecular weight is 560 g/mol. The zero-order valence-corrected chi connectivity index (χ0v) is 23.9. The van der Waals surface area contributed by atoms with Crippen molar-refractivity contribution in [3.05, 3.63) is 94.5 Å². The molecule has 2 unspecified atom stereocenters. The van der Waals surface area contributed by atoms with Crippen molar-refractivity contribution in [3.8, 4) is 11.5 Å².